The molecule has 0 spiro atoms. The zero-order valence-electron chi connectivity index (χ0n) is 10.8. The molecule has 1 atom stereocenters. The van der Waals surface area contributed by atoms with Crippen molar-refractivity contribution in [1.82, 2.24) is 0 Å². The van der Waals surface area contributed by atoms with Gasteiger partial charge in [0.1, 0.15) is 0 Å². The minimum absolute atomic E-state index is 0.116. The van der Waals surface area contributed by atoms with E-state index < -0.39 is 0 Å². The number of carbonyl (C=O) groups excluding carboxylic acids is 1. The van der Waals surface area contributed by atoms with Crippen molar-refractivity contribution in [3.63, 3.8) is 0 Å². The normalized spacial score (nSPS) is 12.1. The third kappa shape index (κ3) is 3.52. The van der Waals surface area contributed by atoms with Gasteiger partial charge >= 0.3 is 0 Å². The summed E-state index contributed by atoms with van der Waals surface area (Å²) in [5.41, 5.74) is 1.75. The molecule has 0 bridgehead atoms. The lowest BCUT2D eigenvalue weighted by molar-refractivity contribution is 0.0951. The second-order valence-corrected chi connectivity index (χ2v) is 4.56. The Balaban J connectivity index is 2.25. The van der Waals surface area contributed by atoms with E-state index in [-0.39, 0.29) is 18.3 Å². The maximum absolute atomic E-state index is 12.6. The Morgan fingerprint density at radius 2 is 1.53 bits per heavy atom. The molecule has 0 radical (unpaired) electrons. The van der Waals surface area contributed by atoms with E-state index in [0.29, 0.717) is 12.8 Å². The molecule has 0 aromatic heterocycles. The van der Waals surface area contributed by atoms with E-state index in [1.54, 1.807) is 0 Å². The predicted octanol–water partition coefficient (Wildman–Crippen LogP) is 3.43. The zero-order valence-corrected chi connectivity index (χ0v) is 10.8. The molecule has 2 nitrogen and oxygen atoms in total. The van der Waals surface area contributed by atoms with Crippen molar-refractivity contribution in [3.8, 4) is 0 Å². The highest BCUT2D eigenvalue weighted by Crippen LogP contribution is 2.25. The first-order valence-corrected chi connectivity index (χ1v) is 6.58. The van der Waals surface area contributed by atoms with Gasteiger partial charge in [0.05, 0.1) is 0 Å². The van der Waals surface area contributed by atoms with E-state index in [1.165, 1.54) is 0 Å². The van der Waals surface area contributed by atoms with Crippen LogP contribution in [0.2, 0.25) is 0 Å². The minimum atomic E-state index is -0.171. The van der Waals surface area contributed by atoms with Crippen molar-refractivity contribution in [1.29, 1.82) is 0 Å². The molecule has 0 fully saturated rings. The van der Waals surface area contributed by atoms with Gasteiger partial charge in [-0.3, -0.25) is 4.79 Å². The fourth-order valence-electron chi connectivity index (χ4n) is 2.23. The summed E-state index contributed by atoms with van der Waals surface area (Å²) in [6.45, 7) is 0.116. The van der Waals surface area contributed by atoms with Gasteiger partial charge < -0.3 is 5.11 Å². The molecular weight excluding hydrogens is 236 g/mol. The highest BCUT2D eigenvalue weighted by Gasteiger charge is 2.21. The van der Waals surface area contributed by atoms with Gasteiger partial charge in [0.15, 0.2) is 5.78 Å². The molecule has 2 heteroatoms. The van der Waals surface area contributed by atoms with Crippen LogP contribution in [-0.2, 0) is 0 Å². The van der Waals surface area contributed by atoms with Crippen LogP contribution in [0.1, 0.15) is 34.7 Å². The van der Waals surface area contributed by atoms with Gasteiger partial charge in [0.2, 0.25) is 0 Å². The van der Waals surface area contributed by atoms with Crippen LogP contribution in [0, 0.1) is 0 Å². The third-order valence-electron chi connectivity index (χ3n) is 3.23. The van der Waals surface area contributed by atoms with E-state index >= 15 is 0 Å². The second kappa shape index (κ2) is 6.86. The average molecular weight is 254 g/mol. The minimum Gasteiger partial charge on any atom is -0.396 e. The molecule has 19 heavy (non-hydrogen) atoms. The molecule has 1 unspecified atom stereocenters. The zero-order chi connectivity index (χ0) is 13.5. The Hall–Kier alpha value is -1.93. The number of Topliss-reactive ketones (excluding diaryl/α,β-unsaturated/α-hetero) is 1. The van der Waals surface area contributed by atoms with Gasteiger partial charge in [-0.05, 0) is 18.4 Å². The highest BCUT2D eigenvalue weighted by molar-refractivity contribution is 6.00. The van der Waals surface area contributed by atoms with Crippen LogP contribution in [-0.4, -0.2) is 17.5 Å². The molecule has 0 aliphatic carbocycles. The number of aliphatic hydroxyl groups is 1. The van der Waals surface area contributed by atoms with Crippen LogP contribution in [0.25, 0.3) is 0 Å². The molecule has 0 amide bonds. The van der Waals surface area contributed by atoms with Gasteiger partial charge in [-0.25, -0.2) is 0 Å². The lowest BCUT2D eigenvalue weighted by atomic mass is 9.87. The molecule has 0 heterocycles. The van der Waals surface area contributed by atoms with Crippen molar-refractivity contribution < 1.29 is 9.90 Å². The lowest BCUT2D eigenvalue weighted by Gasteiger charge is -2.16. The first-order valence-electron chi connectivity index (χ1n) is 6.58. The van der Waals surface area contributed by atoms with Crippen LogP contribution in [0.5, 0.6) is 0 Å². The SMILES string of the molecule is O=C(c1ccccc1)C(CCCO)c1ccccc1. The maximum Gasteiger partial charge on any atom is 0.170 e. The summed E-state index contributed by atoms with van der Waals surface area (Å²) in [5.74, 6) is -0.0454. The second-order valence-electron chi connectivity index (χ2n) is 4.56. The van der Waals surface area contributed by atoms with Gasteiger partial charge in [0.25, 0.3) is 0 Å². The summed E-state index contributed by atoms with van der Waals surface area (Å²) in [7, 11) is 0. The van der Waals surface area contributed by atoms with Crippen LogP contribution in [0.3, 0.4) is 0 Å². The Kier molecular flexibility index (Phi) is 4.87. The highest BCUT2D eigenvalue weighted by atomic mass is 16.2. The van der Waals surface area contributed by atoms with Gasteiger partial charge in [-0.15, -0.1) is 0 Å². The van der Waals surface area contributed by atoms with Crippen molar-refractivity contribution in [3.05, 3.63) is 71.8 Å². The van der Waals surface area contributed by atoms with Crippen molar-refractivity contribution >= 4 is 5.78 Å². The number of ketones is 1. The lowest BCUT2D eigenvalue weighted by Crippen LogP contribution is -2.13. The topological polar surface area (TPSA) is 37.3 Å². The molecule has 1 N–H and O–H groups in total. The van der Waals surface area contributed by atoms with Crippen molar-refractivity contribution in [2.75, 3.05) is 6.61 Å². The first kappa shape index (κ1) is 13.5. The number of benzene rings is 2. The van der Waals surface area contributed by atoms with Crippen LogP contribution < -0.4 is 0 Å². The third-order valence-corrected chi connectivity index (χ3v) is 3.23. The predicted molar refractivity (Wildman–Crippen MR) is 76.3 cm³/mol. The van der Waals surface area contributed by atoms with E-state index in [0.717, 1.165) is 11.1 Å². The molecule has 2 aromatic carbocycles. The Morgan fingerprint density at radius 1 is 0.947 bits per heavy atom. The number of aliphatic hydroxyl groups excluding tert-OH is 1. The van der Waals surface area contributed by atoms with Gasteiger partial charge in [-0.1, -0.05) is 60.7 Å². The molecular formula is C17H18O2. The quantitative estimate of drug-likeness (QED) is 0.802. The number of carbonyl (C=O) groups is 1. The monoisotopic (exact) mass is 254 g/mol. The van der Waals surface area contributed by atoms with Crippen LogP contribution >= 0.6 is 0 Å². The largest absolute Gasteiger partial charge is 0.396 e. The number of rotatable bonds is 6. The molecule has 2 aromatic rings. The molecule has 0 aliphatic heterocycles. The number of hydrogen-bond donors (Lipinski definition) is 1. The summed E-state index contributed by atoms with van der Waals surface area (Å²) in [6, 6.07) is 19.1. The van der Waals surface area contributed by atoms with Crippen molar-refractivity contribution in [2.45, 2.75) is 18.8 Å². The molecule has 0 saturated heterocycles. The smallest absolute Gasteiger partial charge is 0.170 e. The molecule has 98 valence electrons. The fourth-order valence-corrected chi connectivity index (χ4v) is 2.23. The Morgan fingerprint density at radius 3 is 2.11 bits per heavy atom. The summed E-state index contributed by atoms with van der Waals surface area (Å²) < 4.78 is 0. The Bertz CT molecular complexity index is 505. The maximum atomic E-state index is 12.6. The standard InChI is InChI=1S/C17H18O2/c18-13-7-12-16(14-8-3-1-4-9-14)17(19)15-10-5-2-6-11-15/h1-6,8-11,16,18H,7,12-13H2. The van der Waals surface area contributed by atoms with Crippen LogP contribution in [0.15, 0.2) is 60.7 Å². The van der Waals surface area contributed by atoms with E-state index in [1.807, 2.05) is 60.7 Å². The molecule has 0 saturated carbocycles. The van der Waals surface area contributed by atoms with E-state index in [4.69, 9.17) is 5.11 Å². The average Bonchev–Trinajstić information content (AvgIpc) is 2.49. The summed E-state index contributed by atoms with van der Waals surface area (Å²) >= 11 is 0. The summed E-state index contributed by atoms with van der Waals surface area (Å²) in [4.78, 5) is 12.6. The molecule has 2 rings (SSSR count). The summed E-state index contributed by atoms with van der Waals surface area (Å²) in [5, 5.41) is 9.00. The van der Waals surface area contributed by atoms with Crippen LogP contribution in [0.4, 0.5) is 0 Å². The summed E-state index contributed by atoms with van der Waals surface area (Å²) in [6.07, 6.45) is 1.31. The van der Waals surface area contributed by atoms with Crippen molar-refractivity contribution in [2.24, 2.45) is 0 Å². The fraction of sp³-hybridized carbons (Fsp3) is 0.235. The first-order chi connectivity index (χ1) is 9.33. The Labute approximate surface area is 113 Å². The van der Waals surface area contributed by atoms with Gasteiger partial charge in [0, 0.05) is 18.1 Å². The van der Waals surface area contributed by atoms with E-state index in [2.05, 4.69) is 0 Å². The number of hydrogen-bond acceptors (Lipinski definition) is 2. The molecule has 0 aliphatic rings. The van der Waals surface area contributed by atoms with Gasteiger partial charge in [-0.2, -0.15) is 0 Å². The van der Waals surface area contributed by atoms with E-state index in [9.17, 15) is 4.79 Å².